The largest absolute Gasteiger partial charge is 0.493 e. The number of halogens is 1. The Morgan fingerprint density at radius 2 is 2.12 bits per heavy atom. The molecule has 5 nitrogen and oxygen atoms in total. The van der Waals surface area contributed by atoms with Crippen molar-refractivity contribution in [1.82, 2.24) is 14.8 Å². The molecule has 4 aromatic rings. The first-order valence-electron chi connectivity index (χ1n) is 7.43. The number of nitrogens with one attached hydrogen (secondary N) is 1. The first-order chi connectivity index (χ1) is 11.6. The highest BCUT2D eigenvalue weighted by Gasteiger charge is 2.15. The monoisotopic (exact) mass is 336 g/mol. The molecule has 0 fully saturated rings. The van der Waals surface area contributed by atoms with Gasteiger partial charge >= 0.3 is 0 Å². The number of nitrogens with zero attached hydrogens (tertiary/aromatic N) is 3. The number of nitriles is 1. The van der Waals surface area contributed by atoms with Crippen LogP contribution in [0.4, 0.5) is 0 Å². The summed E-state index contributed by atoms with van der Waals surface area (Å²) in [5.74, 6) is 0.0300. The van der Waals surface area contributed by atoms with Crippen molar-refractivity contribution in [3.8, 4) is 11.9 Å². The minimum Gasteiger partial charge on any atom is -0.493 e. The normalized spacial score (nSPS) is 11.2. The van der Waals surface area contributed by atoms with E-state index < -0.39 is 0 Å². The molecule has 0 amide bonds. The van der Waals surface area contributed by atoms with E-state index in [1.54, 1.807) is 18.2 Å². The Bertz CT molecular complexity index is 1130. The Kier molecular flexibility index (Phi) is 3.22. The van der Waals surface area contributed by atoms with Gasteiger partial charge in [-0.05, 0) is 42.8 Å². The van der Waals surface area contributed by atoms with Crippen LogP contribution in [-0.2, 0) is 6.54 Å². The lowest BCUT2D eigenvalue weighted by molar-refractivity contribution is 0.414. The molecule has 24 heavy (non-hydrogen) atoms. The van der Waals surface area contributed by atoms with Crippen molar-refractivity contribution in [3.05, 3.63) is 58.2 Å². The molecule has 0 atom stereocenters. The van der Waals surface area contributed by atoms with Gasteiger partial charge in [0.25, 0.3) is 0 Å². The molecule has 2 aromatic carbocycles. The second kappa shape index (κ2) is 5.29. The van der Waals surface area contributed by atoms with Crippen molar-refractivity contribution in [2.75, 3.05) is 0 Å². The average molecular weight is 337 g/mol. The van der Waals surface area contributed by atoms with Gasteiger partial charge in [-0.3, -0.25) is 0 Å². The maximum Gasteiger partial charge on any atom is 0.217 e. The van der Waals surface area contributed by atoms with E-state index >= 15 is 0 Å². The molecule has 4 rings (SSSR count). The average Bonchev–Trinajstić information content (AvgIpc) is 3.17. The number of hydrogen-bond donors (Lipinski definition) is 2. The van der Waals surface area contributed by atoms with Gasteiger partial charge in [0.2, 0.25) is 5.88 Å². The van der Waals surface area contributed by atoms with Crippen molar-refractivity contribution in [2.45, 2.75) is 13.5 Å². The van der Waals surface area contributed by atoms with Crippen LogP contribution in [0.1, 0.15) is 16.7 Å². The molecule has 0 saturated carbocycles. The second-order valence-corrected chi connectivity index (χ2v) is 6.15. The number of aromatic nitrogens is 3. The van der Waals surface area contributed by atoms with Crippen LogP contribution in [-0.4, -0.2) is 19.9 Å². The van der Waals surface area contributed by atoms with Crippen LogP contribution in [0.15, 0.2) is 36.5 Å². The third-order valence-corrected chi connectivity index (χ3v) is 4.58. The van der Waals surface area contributed by atoms with E-state index in [0.29, 0.717) is 28.0 Å². The summed E-state index contributed by atoms with van der Waals surface area (Å²) in [6.07, 6.45) is 1.87. The number of aromatic amines is 1. The summed E-state index contributed by atoms with van der Waals surface area (Å²) < 4.78 is 1.51. The summed E-state index contributed by atoms with van der Waals surface area (Å²) in [5, 5.41) is 26.1. The Hall–Kier alpha value is -2.97. The van der Waals surface area contributed by atoms with Gasteiger partial charge in [-0.2, -0.15) is 10.4 Å². The number of aromatic hydroxyl groups is 1. The van der Waals surface area contributed by atoms with E-state index in [1.807, 2.05) is 25.3 Å². The van der Waals surface area contributed by atoms with Crippen LogP contribution in [0.2, 0.25) is 5.02 Å². The molecule has 0 bridgehead atoms. The smallest absolute Gasteiger partial charge is 0.217 e. The van der Waals surface area contributed by atoms with E-state index in [0.717, 1.165) is 22.0 Å². The molecule has 6 heteroatoms. The minimum atomic E-state index is 0.0300. The number of fused-ring (bicyclic) bond motifs is 2. The van der Waals surface area contributed by atoms with Crippen LogP contribution >= 0.6 is 11.6 Å². The maximum absolute atomic E-state index is 10.5. The summed E-state index contributed by atoms with van der Waals surface area (Å²) in [6, 6.07) is 11.0. The van der Waals surface area contributed by atoms with Gasteiger partial charge in [-0.25, -0.2) is 4.68 Å². The van der Waals surface area contributed by atoms with Crippen LogP contribution in [0.3, 0.4) is 0 Å². The fourth-order valence-corrected chi connectivity index (χ4v) is 3.36. The zero-order valence-corrected chi connectivity index (χ0v) is 13.6. The first kappa shape index (κ1) is 14.6. The SMILES string of the molecule is Cc1cc(Cl)c(Cn2nc3ccc(C#N)cc3c2O)c2cc[nH]c12. The topological polar surface area (TPSA) is 77.6 Å². The number of H-pyrrole nitrogens is 1. The van der Waals surface area contributed by atoms with Gasteiger partial charge in [0, 0.05) is 27.7 Å². The zero-order valence-electron chi connectivity index (χ0n) is 12.8. The van der Waals surface area contributed by atoms with E-state index in [-0.39, 0.29) is 5.88 Å². The highest BCUT2D eigenvalue weighted by atomic mass is 35.5. The number of benzene rings is 2. The summed E-state index contributed by atoms with van der Waals surface area (Å²) in [5.41, 5.74) is 4.11. The summed E-state index contributed by atoms with van der Waals surface area (Å²) in [7, 11) is 0. The second-order valence-electron chi connectivity index (χ2n) is 5.75. The lowest BCUT2D eigenvalue weighted by Gasteiger charge is -2.09. The van der Waals surface area contributed by atoms with Crippen molar-refractivity contribution >= 4 is 33.4 Å². The van der Waals surface area contributed by atoms with E-state index in [4.69, 9.17) is 16.9 Å². The Labute approximate surface area is 142 Å². The van der Waals surface area contributed by atoms with Crippen LogP contribution in [0.25, 0.3) is 21.8 Å². The fourth-order valence-electron chi connectivity index (χ4n) is 3.03. The fraction of sp³-hybridized carbons (Fsp3) is 0.111. The van der Waals surface area contributed by atoms with Gasteiger partial charge in [0.15, 0.2) is 0 Å². The first-order valence-corrected chi connectivity index (χ1v) is 7.81. The quantitative estimate of drug-likeness (QED) is 0.578. The summed E-state index contributed by atoms with van der Waals surface area (Å²) in [6.45, 7) is 2.34. The molecule has 118 valence electrons. The molecule has 0 saturated heterocycles. The molecule has 0 aliphatic heterocycles. The van der Waals surface area contributed by atoms with Crippen molar-refractivity contribution in [3.63, 3.8) is 0 Å². The molecular weight excluding hydrogens is 324 g/mol. The predicted octanol–water partition coefficient (Wildman–Crippen LogP) is 4.11. The molecule has 2 aromatic heterocycles. The zero-order chi connectivity index (χ0) is 16.8. The highest BCUT2D eigenvalue weighted by Crippen LogP contribution is 2.32. The summed E-state index contributed by atoms with van der Waals surface area (Å²) >= 11 is 6.43. The van der Waals surface area contributed by atoms with Crippen LogP contribution in [0, 0.1) is 18.3 Å². The lowest BCUT2D eigenvalue weighted by atomic mass is 10.1. The lowest BCUT2D eigenvalue weighted by Crippen LogP contribution is -2.02. The van der Waals surface area contributed by atoms with Gasteiger partial charge in [0.1, 0.15) is 0 Å². The van der Waals surface area contributed by atoms with Gasteiger partial charge in [0.05, 0.1) is 29.1 Å². The van der Waals surface area contributed by atoms with E-state index in [1.165, 1.54) is 4.68 Å². The van der Waals surface area contributed by atoms with Crippen LogP contribution in [0.5, 0.6) is 5.88 Å². The molecule has 2 heterocycles. The van der Waals surface area contributed by atoms with Gasteiger partial charge in [-0.15, -0.1) is 0 Å². The van der Waals surface area contributed by atoms with Gasteiger partial charge < -0.3 is 10.1 Å². The predicted molar refractivity (Wildman–Crippen MR) is 93.3 cm³/mol. The standard InChI is InChI=1S/C18H13ClN4O/c1-10-6-15(19)14(12-4-5-21-17(10)12)9-23-18(24)13-7-11(8-20)2-3-16(13)22-23/h2-7,21,24H,9H2,1H3. The number of rotatable bonds is 2. The van der Waals surface area contributed by atoms with Crippen molar-refractivity contribution in [2.24, 2.45) is 0 Å². The molecule has 0 radical (unpaired) electrons. The Morgan fingerprint density at radius 1 is 1.29 bits per heavy atom. The minimum absolute atomic E-state index is 0.0300. The van der Waals surface area contributed by atoms with E-state index in [2.05, 4.69) is 16.2 Å². The van der Waals surface area contributed by atoms with Gasteiger partial charge in [-0.1, -0.05) is 11.6 Å². The molecular formula is C18H13ClN4O. The molecule has 0 aliphatic carbocycles. The van der Waals surface area contributed by atoms with E-state index in [9.17, 15) is 5.11 Å². The maximum atomic E-state index is 10.5. The number of hydrogen-bond acceptors (Lipinski definition) is 3. The third kappa shape index (κ3) is 2.12. The molecule has 0 spiro atoms. The third-order valence-electron chi connectivity index (χ3n) is 4.25. The Balaban J connectivity index is 1.87. The molecule has 0 aliphatic rings. The van der Waals surface area contributed by atoms with Crippen molar-refractivity contribution in [1.29, 1.82) is 5.26 Å². The summed E-state index contributed by atoms with van der Waals surface area (Å²) in [4.78, 5) is 3.21. The molecule has 0 unspecified atom stereocenters. The Morgan fingerprint density at radius 3 is 2.92 bits per heavy atom. The number of aryl methyl sites for hydroxylation is 1. The van der Waals surface area contributed by atoms with Crippen molar-refractivity contribution < 1.29 is 5.11 Å². The molecule has 2 N–H and O–H groups in total. The highest BCUT2D eigenvalue weighted by molar-refractivity contribution is 6.32. The van der Waals surface area contributed by atoms with Crippen LogP contribution < -0.4 is 0 Å².